The van der Waals surface area contributed by atoms with Crippen LogP contribution in [0, 0.1) is 4.91 Å². The largest absolute Gasteiger partial charge is 0.369 e. The van der Waals surface area contributed by atoms with E-state index in [-0.39, 0.29) is 6.54 Å². The van der Waals surface area contributed by atoms with Crippen LogP contribution in [0.1, 0.15) is 0 Å². The summed E-state index contributed by atoms with van der Waals surface area (Å²) < 4.78 is 0. The molecule has 0 aliphatic heterocycles. The molecule has 0 bridgehead atoms. The first kappa shape index (κ1) is 8.58. The molecule has 0 atom stereocenters. The monoisotopic (exact) mass is 168 g/mol. The van der Waals surface area contributed by atoms with Crippen LogP contribution < -0.4 is 15.8 Å². The van der Waals surface area contributed by atoms with Crippen LogP contribution in [0.2, 0.25) is 0 Å². The van der Waals surface area contributed by atoms with E-state index < -0.39 is 10.9 Å². The van der Waals surface area contributed by atoms with Crippen molar-refractivity contribution < 1.29 is 0 Å². The minimum atomic E-state index is -0.483. The van der Waals surface area contributed by atoms with Crippen molar-refractivity contribution >= 4 is 5.69 Å². The standard InChI is InChI=1S/C7H8N2O3/c1-9(3-2-8-12)5-4-6(10)7(5)11/h4H,2-3H2,1H3. The van der Waals surface area contributed by atoms with Crippen LogP contribution in [0.4, 0.5) is 5.69 Å². The molecule has 0 amide bonds. The number of anilines is 1. The molecular formula is C7H8N2O3. The Morgan fingerprint density at radius 3 is 2.58 bits per heavy atom. The predicted octanol–water partition coefficient (Wildman–Crippen LogP) is -0.515. The molecule has 0 unspecified atom stereocenters. The highest BCUT2D eigenvalue weighted by Crippen LogP contribution is 2.02. The van der Waals surface area contributed by atoms with Gasteiger partial charge >= 0.3 is 0 Å². The second kappa shape index (κ2) is 3.25. The first-order valence-electron chi connectivity index (χ1n) is 3.47. The maximum absolute atomic E-state index is 10.8. The summed E-state index contributed by atoms with van der Waals surface area (Å²) in [5.74, 6) is 0. The van der Waals surface area contributed by atoms with Gasteiger partial charge in [-0.15, -0.1) is 0 Å². The Kier molecular flexibility index (Phi) is 2.32. The highest BCUT2D eigenvalue weighted by molar-refractivity contribution is 5.49. The number of nitrogens with zero attached hydrogens (tertiary/aromatic N) is 2. The quantitative estimate of drug-likeness (QED) is 0.448. The van der Waals surface area contributed by atoms with Crippen LogP contribution in [-0.4, -0.2) is 20.1 Å². The highest BCUT2D eigenvalue weighted by atomic mass is 16.3. The van der Waals surface area contributed by atoms with Crippen molar-refractivity contribution in [3.8, 4) is 0 Å². The molecule has 0 saturated heterocycles. The number of nitroso groups, excluding NO2 is 1. The van der Waals surface area contributed by atoms with Crippen molar-refractivity contribution in [1.82, 2.24) is 0 Å². The normalized spacial score (nSPS) is 10.1. The number of hydrogen-bond donors (Lipinski definition) is 0. The molecule has 0 fully saturated rings. The van der Waals surface area contributed by atoms with Crippen molar-refractivity contribution in [3.63, 3.8) is 0 Å². The van der Waals surface area contributed by atoms with Gasteiger partial charge < -0.3 is 4.90 Å². The lowest BCUT2D eigenvalue weighted by molar-refractivity contribution is 0.872. The molecule has 1 aromatic carbocycles. The smallest absolute Gasteiger partial charge is 0.249 e. The molecule has 0 aliphatic carbocycles. The van der Waals surface area contributed by atoms with Crippen molar-refractivity contribution in [1.29, 1.82) is 0 Å². The molecular weight excluding hydrogens is 160 g/mol. The lowest BCUT2D eigenvalue weighted by Crippen LogP contribution is -2.38. The van der Waals surface area contributed by atoms with E-state index in [2.05, 4.69) is 5.18 Å². The van der Waals surface area contributed by atoms with Crippen LogP contribution in [0.15, 0.2) is 20.8 Å². The van der Waals surface area contributed by atoms with Gasteiger partial charge in [0.2, 0.25) is 10.9 Å². The summed E-state index contributed by atoms with van der Waals surface area (Å²) in [7, 11) is 1.64. The molecule has 0 spiro atoms. The average molecular weight is 168 g/mol. The summed E-state index contributed by atoms with van der Waals surface area (Å²) in [5, 5.41) is 2.65. The van der Waals surface area contributed by atoms with E-state index in [1.54, 1.807) is 11.9 Å². The Balaban J connectivity index is 2.62. The summed E-state index contributed by atoms with van der Waals surface area (Å²) in [6.07, 6.45) is 0. The van der Waals surface area contributed by atoms with Gasteiger partial charge in [0.15, 0.2) is 0 Å². The predicted molar refractivity (Wildman–Crippen MR) is 45.3 cm³/mol. The molecule has 5 heteroatoms. The average Bonchev–Trinajstić information content (AvgIpc) is 2.09. The van der Waals surface area contributed by atoms with Crippen LogP contribution in [0.5, 0.6) is 0 Å². The fraction of sp³-hybridized carbons (Fsp3) is 0.429. The van der Waals surface area contributed by atoms with E-state index in [4.69, 9.17) is 0 Å². The maximum Gasteiger partial charge on any atom is 0.249 e. The SMILES string of the molecule is CN(CCN=O)c1cc(=O)c1=O. The van der Waals surface area contributed by atoms with E-state index in [9.17, 15) is 14.5 Å². The van der Waals surface area contributed by atoms with Gasteiger partial charge in [0.25, 0.3) is 0 Å². The maximum atomic E-state index is 10.8. The molecule has 0 saturated carbocycles. The summed E-state index contributed by atoms with van der Waals surface area (Å²) in [5.41, 5.74) is -0.594. The molecule has 12 heavy (non-hydrogen) atoms. The molecule has 0 aliphatic rings. The van der Waals surface area contributed by atoms with Gasteiger partial charge in [-0.2, -0.15) is 4.91 Å². The van der Waals surface area contributed by atoms with E-state index in [1.807, 2.05) is 0 Å². The van der Waals surface area contributed by atoms with Crippen molar-refractivity contribution in [2.24, 2.45) is 5.18 Å². The Hall–Kier alpha value is -1.52. The van der Waals surface area contributed by atoms with Gasteiger partial charge in [0.05, 0.1) is 12.2 Å². The first-order chi connectivity index (χ1) is 5.66. The summed E-state index contributed by atoms with van der Waals surface area (Å²) in [6, 6.07) is 1.26. The molecule has 1 aromatic rings. The Labute approximate surface area is 68.3 Å². The van der Waals surface area contributed by atoms with Gasteiger partial charge in [0, 0.05) is 19.7 Å². The molecule has 0 heterocycles. The summed E-state index contributed by atoms with van der Waals surface area (Å²) in [6.45, 7) is 0.490. The number of likely N-dealkylation sites (N-methyl/N-ethyl adjacent to an activating group) is 1. The third-order valence-electron chi connectivity index (χ3n) is 1.66. The Morgan fingerprint density at radius 1 is 1.50 bits per heavy atom. The highest BCUT2D eigenvalue weighted by Gasteiger charge is 2.12. The van der Waals surface area contributed by atoms with Gasteiger partial charge in [-0.3, -0.25) is 9.59 Å². The van der Waals surface area contributed by atoms with Crippen molar-refractivity contribution in [3.05, 3.63) is 31.4 Å². The third kappa shape index (κ3) is 1.39. The van der Waals surface area contributed by atoms with Crippen LogP contribution in [-0.2, 0) is 0 Å². The second-order valence-electron chi connectivity index (χ2n) is 2.50. The topological polar surface area (TPSA) is 66.8 Å². The number of hydrogen-bond acceptors (Lipinski definition) is 5. The molecule has 64 valence electrons. The van der Waals surface area contributed by atoms with Gasteiger partial charge in [-0.1, -0.05) is 5.18 Å². The van der Waals surface area contributed by atoms with Crippen LogP contribution in [0.25, 0.3) is 0 Å². The Morgan fingerprint density at radius 2 is 2.17 bits per heavy atom. The summed E-state index contributed by atoms with van der Waals surface area (Å²) in [4.78, 5) is 32.6. The first-order valence-corrected chi connectivity index (χ1v) is 3.47. The zero-order valence-corrected chi connectivity index (χ0v) is 6.61. The van der Waals surface area contributed by atoms with E-state index in [0.717, 1.165) is 0 Å². The van der Waals surface area contributed by atoms with Crippen LogP contribution in [0.3, 0.4) is 0 Å². The van der Waals surface area contributed by atoms with Gasteiger partial charge in [-0.05, 0) is 0 Å². The lowest BCUT2D eigenvalue weighted by Gasteiger charge is -2.16. The zero-order valence-electron chi connectivity index (χ0n) is 6.61. The van der Waals surface area contributed by atoms with E-state index in [1.165, 1.54) is 6.07 Å². The second-order valence-corrected chi connectivity index (χ2v) is 2.50. The molecule has 1 rings (SSSR count). The molecule has 0 N–H and O–H groups in total. The van der Waals surface area contributed by atoms with Gasteiger partial charge in [-0.25, -0.2) is 0 Å². The van der Waals surface area contributed by atoms with Crippen molar-refractivity contribution in [2.75, 3.05) is 25.0 Å². The summed E-state index contributed by atoms with van der Waals surface area (Å²) >= 11 is 0. The minimum absolute atomic E-state index is 0.120. The van der Waals surface area contributed by atoms with E-state index in [0.29, 0.717) is 12.2 Å². The Bertz CT molecular complexity index is 351. The lowest BCUT2D eigenvalue weighted by atomic mass is 10.2. The fourth-order valence-corrected chi connectivity index (χ4v) is 0.899. The molecule has 5 nitrogen and oxygen atoms in total. The van der Waals surface area contributed by atoms with Crippen molar-refractivity contribution in [2.45, 2.75) is 0 Å². The number of rotatable bonds is 4. The zero-order chi connectivity index (χ0) is 9.14. The third-order valence-corrected chi connectivity index (χ3v) is 1.66. The fourth-order valence-electron chi connectivity index (χ4n) is 0.899. The van der Waals surface area contributed by atoms with E-state index >= 15 is 0 Å². The molecule has 0 radical (unpaired) electrons. The van der Waals surface area contributed by atoms with Gasteiger partial charge in [0.1, 0.15) is 0 Å². The van der Waals surface area contributed by atoms with Crippen LogP contribution >= 0.6 is 0 Å². The molecule has 0 aromatic heterocycles. The minimum Gasteiger partial charge on any atom is -0.369 e.